The highest BCUT2D eigenvalue weighted by Crippen LogP contribution is 2.06. The van der Waals surface area contributed by atoms with Gasteiger partial charge in [0.15, 0.2) is 0 Å². The molecule has 0 radical (unpaired) electrons. The number of hydrogen-bond donors (Lipinski definition) is 3. The first-order chi connectivity index (χ1) is 12.0. The van der Waals surface area contributed by atoms with Crippen LogP contribution >= 0.6 is 0 Å². The summed E-state index contributed by atoms with van der Waals surface area (Å²) >= 11 is 0. The molecule has 3 amide bonds. The van der Waals surface area contributed by atoms with Crippen LogP contribution in [-0.4, -0.2) is 24.5 Å². The Balaban J connectivity index is 1.68. The lowest BCUT2D eigenvalue weighted by atomic mass is 10.1. The zero-order valence-electron chi connectivity index (χ0n) is 14.5. The van der Waals surface area contributed by atoms with E-state index in [1.54, 1.807) is 18.2 Å². The van der Waals surface area contributed by atoms with E-state index in [-0.39, 0.29) is 12.1 Å². The summed E-state index contributed by atoms with van der Waals surface area (Å²) in [6.45, 7) is 2.50. The van der Waals surface area contributed by atoms with E-state index in [2.05, 4.69) is 22.8 Å². The molecule has 4 N–H and O–H groups in total. The Labute approximate surface area is 148 Å². The predicted octanol–water partition coefficient (Wildman–Crippen LogP) is 2.65. The number of primary amides is 1. The Hall–Kier alpha value is -2.82. The van der Waals surface area contributed by atoms with Crippen LogP contribution in [0.3, 0.4) is 0 Å². The van der Waals surface area contributed by atoms with Gasteiger partial charge in [-0.15, -0.1) is 0 Å². The predicted molar refractivity (Wildman–Crippen MR) is 99.4 cm³/mol. The van der Waals surface area contributed by atoms with Crippen molar-refractivity contribution < 1.29 is 9.59 Å². The largest absolute Gasteiger partial charge is 0.366 e. The summed E-state index contributed by atoms with van der Waals surface area (Å²) in [4.78, 5) is 23.1. The van der Waals surface area contributed by atoms with Gasteiger partial charge in [-0.25, -0.2) is 4.79 Å². The molecule has 2 aromatic carbocycles. The molecule has 0 saturated carbocycles. The minimum atomic E-state index is -0.445. The third kappa shape index (κ3) is 6.67. The van der Waals surface area contributed by atoms with Gasteiger partial charge in [0, 0.05) is 18.2 Å². The Kier molecular flexibility index (Phi) is 7.01. The lowest BCUT2D eigenvalue weighted by Crippen LogP contribution is -2.41. The number of benzene rings is 2. The first-order valence-corrected chi connectivity index (χ1v) is 8.51. The summed E-state index contributed by atoms with van der Waals surface area (Å²) in [5.74, 6) is -0.445. The van der Waals surface area contributed by atoms with Gasteiger partial charge < -0.3 is 16.4 Å². The van der Waals surface area contributed by atoms with E-state index < -0.39 is 5.91 Å². The van der Waals surface area contributed by atoms with Crippen LogP contribution in [-0.2, 0) is 12.8 Å². The van der Waals surface area contributed by atoms with Crippen molar-refractivity contribution in [3.05, 3.63) is 71.3 Å². The van der Waals surface area contributed by atoms with Gasteiger partial charge in [-0.05, 0) is 49.4 Å². The molecule has 0 spiro atoms. The van der Waals surface area contributed by atoms with Gasteiger partial charge in [0.1, 0.15) is 0 Å². The van der Waals surface area contributed by atoms with Gasteiger partial charge in [0.25, 0.3) is 0 Å². The molecule has 0 aliphatic heterocycles. The number of amides is 3. The lowest BCUT2D eigenvalue weighted by Gasteiger charge is -2.14. The second-order valence-electron chi connectivity index (χ2n) is 6.14. The molecule has 0 fully saturated rings. The summed E-state index contributed by atoms with van der Waals surface area (Å²) in [5, 5.41) is 5.78. The van der Waals surface area contributed by atoms with Gasteiger partial charge in [-0.1, -0.05) is 42.5 Å². The van der Waals surface area contributed by atoms with Crippen molar-refractivity contribution >= 4 is 11.9 Å². The van der Waals surface area contributed by atoms with Crippen molar-refractivity contribution in [1.82, 2.24) is 10.6 Å². The summed E-state index contributed by atoms with van der Waals surface area (Å²) in [6.07, 6.45) is 2.47. The molecule has 0 aliphatic rings. The van der Waals surface area contributed by atoms with Crippen LogP contribution in [0.5, 0.6) is 0 Å². The number of nitrogens with one attached hydrogen (secondary N) is 2. The van der Waals surface area contributed by atoms with Crippen LogP contribution in [0.15, 0.2) is 54.6 Å². The van der Waals surface area contributed by atoms with Crippen molar-refractivity contribution in [2.24, 2.45) is 5.73 Å². The molecule has 0 saturated heterocycles. The van der Waals surface area contributed by atoms with Gasteiger partial charge in [0.2, 0.25) is 5.91 Å². The minimum absolute atomic E-state index is 0.0957. The van der Waals surface area contributed by atoms with Gasteiger partial charge in [0.05, 0.1) is 0 Å². The number of carbonyl (C=O) groups excluding carboxylic acids is 2. The molecule has 0 aromatic heterocycles. The summed E-state index contributed by atoms with van der Waals surface area (Å²) in [5.41, 5.74) is 7.98. The first-order valence-electron chi connectivity index (χ1n) is 8.51. The van der Waals surface area contributed by atoms with Crippen LogP contribution in [0.1, 0.15) is 34.8 Å². The number of carbonyl (C=O) groups is 2. The molecule has 1 unspecified atom stereocenters. The fraction of sp³-hybridized carbons (Fsp3) is 0.300. The molecule has 132 valence electrons. The van der Waals surface area contributed by atoms with Crippen molar-refractivity contribution in [2.45, 2.75) is 32.2 Å². The maximum absolute atomic E-state index is 11.9. The third-order valence-corrected chi connectivity index (χ3v) is 4.00. The molecule has 1 atom stereocenters. The summed E-state index contributed by atoms with van der Waals surface area (Å²) < 4.78 is 0. The Morgan fingerprint density at radius 2 is 1.72 bits per heavy atom. The van der Waals surface area contributed by atoms with Crippen molar-refractivity contribution in [2.75, 3.05) is 6.54 Å². The Morgan fingerprint density at radius 1 is 1.00 bits per heavy atom. The quantitative estimate of drug-likeness (QED) is 0.691. The highest BCUT2D eigenvalue weighted by Gasteiger charge is 2.07. The van der Waals surface area contributed by atoms with Crippen LogP contribution in [0, 0.1) is 0 Å². The highest BCUT2D eigenvalue weighted by molar-refractivity contribution is 5.92. The van der Waals surface area contributed by atoms with E-state index in [1.807, 2.05) is 31.2 Å². The highest BCUT2D eigenvalue weighted by atomic mass is 16.2. The molecular weight excluding hydrogens is 314 g/mol. The third-order valence-electron chi connectivity index (χ3n) is 4.00. The molecule has 2 rings (SSSR count). The molecule has 0 aliphatic carbocycles. The van der Waals surface area contributed by atoms with Crippen molar-refractivity contribution in [3.63, 3.8) is 0 Å². The summed E-state index contributed by atoms with van der Waals surface area (Å²) in [6, 6.07) is 17.3. The smallest absolute Gasteiger partial charge is 0.315 e. The van der Waals surface area contributed by atoms with Crippen LogP contribution in [0.25, 0.3) is 0 Å². The second kappa shape index (κ2) is 9.47. The maximum atomic E-state index is 11.9. The molecule has 5 heteroatoms. The summed E-state index contributed by atoms with van der Waals surface area (Å²) in [7, 11) is 0. The minimum Gasteiger partial charge on any atom is -0.366 e. The molecule has 25 heavy (non-hydrogen) atoms. The fourth-order valence-corrected chi connectivity index (χ4v) is 2.58. The van der Waals surface area contributed by atoms with E-state index in [0.29, 0.717) is 18.5 Å². The van der Waals surface area contributed by atoms with E-state index in [0.717, 1.165) is 18.4 Å². The molecule has 0 bridgehead atoms. The Bertz CT molecular complexity index is 701. The van der Waals surface area contributed by atoms with E-state index in [9.17, 15) is 9.59 Å². The zero-order chi connectivity index (χ0) is 18.1. The topological polar surface area (TPSA) is 84.2 Å². The standard InChI is InChI=1S/C20H25N3O2/c1-15(10-11-16-6-3-2-4-7-16)23-20(25)22-13-12-17-8-5-9-18(14-17)19(21)24/h2-9,14-15H,10-13H2,1H3,(H2,21,24)(H2,22,23,25). The average Bonchev–Trinajstić information content (AvgIpc) is 2.61. The number of rotatable bonds is 8. The van der Waals surface area contributed by atoms with Crippen LogP contribution < -0.4 is 16.4 Å². The van der Waals surface area contributed by atoms with Crippen LogP contribution in [0.2, 0.25) is 0 Å². The maximum Gasteiger partial charge on any atom is 0.315 e. The van der Waals surface area contributed by atoms with Crippen molar-refractivity contribution in [1.29, 1.82) is 0 Å². The van der Waals surface area contributed by atoms with E-state index in [1.165, 1.54) is 5.56 Å². The second-order valence-corrected chi connectivity index (χ2v) is 6.14. The molecule has 5 nitrogen and oxygen atoms in total. The molecule has 2 aromatic rings. The molecule has 0 heterocycles. The monoisotopic (exact) mass is 339 g/mol. The lowest BCUT2D eigenvalue weighted by molar-refractivity contribution is 0.1000. The van der Waals surface area contributed by atoms with E-state index in [4.69, 9.17) is 5.73 Å². The normalized spacial score (nSPS) is 11.6. The van der Waals surface area contributed by atoms with Crippen molar-refractivity contribution in [3.8, 4) is 0 Å². The average molecular weight is 339 g/mol. The first kappa shape index (κ1) is 18.5. The zero-order valence-corrected chi connectivity index (χ0v) is 14.5. The fourth-order valence-electron chi connectivity index (χ4n) is 2.58. The van der Waals surface area contributed by atoms with Crippen LogP contribution in [0.4, 0.5) is 4.79 Å². The number of urea groups is 1. The van der Waals surface area contributed by atoms with Gasteiger partial charge in [-0.3, -0.25) is 4.79 Å². The van der Waals surface area contributed by atoms with Gasteiger partial charge in [-0.2, -0.15) is 0 Å². The number of nitrogens with two attached hydrogens (primary N) is 1. The van der Waals surface area contributed by atoms with Gasteiger partial charge >= 0.3 is 6.03 Å². The Morgan fingerprint density at radius 3 is 2.44 bits per heavy atom. The van der Waals surface area contributed by atoms with E-state index >= 15 is 0 Å². The molecular formula is C20H25N3O2. The number of aryl methyl sites for hydroxylation is 1. The number of hydrogen-bond acceptors (Lipinski definition) is 2. The SMILES string of the molecule is CC(CCc1ccccc1)NC(=O)NCCc1cccc(C(N)=O)c1.